The second kappa shape index (κ2) is 12.0. The van der Waals surface area contributed by atoms with Crippen LogP contribution in [-0.4, -0.2) is 43.2 Å². The number of ether oxygens (including phenoxy) is 2. The molecule has 0 unspecified atom stereocenters. The summed E-state index contributed by atoms with van der Waals surface area (Å²) in [5, 5.41) is 6.30. The van der Waals surface area contributed by atoms with E-state index >= 15 is 0 Å². The lowest BCUT2D eigenvalue weighted by molar-refractivity contribution is -0.0514. The van der Waals surface area contributed by atoms with Crippen molar-refractivity contribution >= 4 is 41.3 Å². The summed E-state index contributed by atoms with van der Waals surface area (Å²) in [5.74, 6) is 1.01. The fraction of sp³-hybridized carbons (Fsp3) is 0.444. The molecule has 1 heterocycles. The van der Waals surface area contributed by atoms with Crippen molar-refractivity contribution in [1.29, 1.82) is 0 Å². The van der Waals surface area contributed by atoms with Gasteiger partial charge in [0.1, 0.15) is 0 Å². The van der Waals surface area contributed by atoms with Crippen LogP contribution >= 0.6 is 35.3 Å². The Morgan fingerprint density at radius 1 is 1.36 bits per heavy atom. The molecule has 0 saturated heterocycles. The maximum atomic E-state index is 12.5. The quantitative estimate of drug-likeness (QED) is 0.316. The summed E-state index contributed by atoms with van der Waals surface area (Å²) in [7, 11) is 3.63. The highest BCUT2D eigenvalue weighted by atomic mass is 127. The van der Waals surface area contributed by atoms with Crippen LogP contribution in [0.15, 0.2) is 28.6 Å². The van der Waals surface area contributed by atoms with Crippen LogP contribution in [0.2, 0.25) is 0 Å². The van der Waals surface area contributed by atoms with Gasteiger partial charge in [0, 0.05) is 26.0 Å². The van der Waals surface area contributed by atoms with Crippen LogP contribution in [0.5, 0.6) is 11.5 Å². The molecule has 0 aliphatic heterocycles. The number of nitrogens with zero attached hydrogens (tertiary/aromatic N) is 3. The van der Waals surface area contributed by atoms with Crippen LogP contribution < -0.4 is 14.8 Å². The zero-order valence-electron chi connectivity index (χ0n) is 16.2. The van der Waals surface area contributed by atoms with Crippen LogP contribution in [0.1, 0.15) is 23.2 Å². The second-order valence-corrected chi connectivity index (χ2v) is 6.77. The lowest BCUT2D eigenvalue weighted by atomic mass is 10.2. The van der Waals surface area contributed by atoms with Gasteiger partial charge in [0.05, 0.1) is 23.9 Å². The van der Waals surface area contributed by atoms with Crippen LogP contribution in [-0.2, 0) is 13.1 Å². The van der Waals surface area contributed by atoms with Crippen molar-refractivity contribution in [2.75, 3.05) is 20.7 Å². The largest absolute Gasteiger partial charge is 0.490 e. The minimum absolute atomic E-state index is 0. The van der Waals surface area contributed by atoms with Gasteiger partial charge < -0.3 is 19.7 Å². The van der Waals surface area contributed by atoms with Crippen LogP contribution in [0.3, 0.4) is 0 Å². The number of thiazole rings is 1. The SMILES string of the molecule is CCOc1cc(CNC(=NC)N(C)Cc2csc(C)n2)ccc1OC(F)F.I. The van der Waals surface area contributed by atoms with Gasteiger partial charge in [0.15, 0.2) is 17.5 Å². The van der Waals surface area contributed by atoms with E-state index in [2.05, 4.69) is 20.0 Å². The fourth-order valence-corrected chi connectivity index (χ4v) is 3.09. The number of halogens is 3. The summed E-state index contributed by atoms with van der Waals surface area (Å²) in [6.45, 7) is 2.31. The molecule has 0 bridgehead atoms. The van der Waals surface area contributed by atoms with E-state index in [1.54, 1.807) is 37.4 Å². The van der Waals surface area contributed by atoms with Gasteiger partial charge in [-0.05, 0) is 31.5 Å². The van der Waals surface area contributed by atoms with Gasteiger partial charge in [-0.1, -0.05) is 6.07 Å². The normalized spacial score (nSPS) is 11.2. The molecule has 0 amide bonds. The Morgan fingerprint density at radius 3 is 2.68 bits per heavy atom. The maximum absolute atomic E-state index is 12.5. The molecule has 0 atom stereocenters. The van der Waals surface area contributed by atoms with E-state index in [4.69, 9.17) is 4.74 Å². The Morgan fingerprint density at radius 2 is 2.11 bits per heavy atom. The number of rotatable bonds is 8. The third-order valence-electron chi connectivity index (χ3n) is 3.61. The molecule has 28 heavy (non-hydrogen) atoms. The third-order valence-corrected chi connectivity index (χ3v) is 4.44. The summed E-state index contributed by atoms with van der Waals surface area (Å²) in [5.41, 5.74) is 1.84. The highest BCUT2D eigenvalue weighted by Crippen LogP contribution is 2.29. The van der Waals surface area contributed by atoms with Gasteiger partial charge in [0.25, 0.3) is 0 Å². The minimum Gasteiger partial charge on any atom is -0.490 e. The van der Waals surface area contributed by atoms with E-state index in [1.807, 2.05) is 24.3 Å². The van der Waals surface area contributed by atoms with Gasteiger partial charge in [-0.15, -0.1) is 35.3 Å². The molecule has 0 aliphatic carbocycles. The van der Waals surface area contributed by atoms with Crippen LogP contribution in [0.4, 0.5) is 8.78 Å². The Bertz CT molecular complexity index is 774. The van der Waals surface area contributed by atoms with E-state index in [0.717, 1.165) is 16.3 Å². The van der Waals surface area contributed by atoms with Gasteiger partial charge in [-0.3, -0.25) is 4.99 Å². The van der Waals surface area contributed by atoms with Crippen molar-refractivity contribution in [3.05, 3.63) is 39.8 Å². The summed E-state index contributed by atoms with van der Waals surface area (Å²) in [4.78, 5) is 10.7. The van der Waals surface area contributed by atoms with Gasteiger partial charge >= 0.3 is 6.61 Å². The van der Waals surface area contributed by atoms with Crippen molar-refractivity contribution in [3.8, 4) is 11.5 Å². The van der Waals surface area contributed by atoms with E-state index in [1.165, 1.54) is 6.07 Å². The molecule has 156 valence electrons. The monoisotopic (exact) mass is 526 g/mol. The van der Waals surface area contributed by atoms with Crippen LogP contribution in [0, 0.1) is 6.92 Å². The van der Waals surface area contributed by atoms with Crippen LogP contribution in [0.25, 0.3) is 0 Å². The van der Waals surface area contributed by atoms with Gasteiger partial charge in [-0.25, -0.2) is 4.98 Å². The number of nitrogens with one attached hydrogen (secondary N) is 1. The number of benzene rings is 1. The lowest BCUT2D eigenvalue weighted by Crippen LogP contribution is -2.38. The Hall–Kier alpha value is -1.69. The first-order valence-corrected chi connectivity index (χ1v) is 9.34. The molecular formula is C18H25F2IN4O2S. The first-order chi connectivity index (χ1) is 12.9. The molecule has 2 rings (SSSR count). The topological polar surface area (TPSA) is 59.0 Å². The van der Waals surface area contributed by atoms with E-state index in [-0.39, 0.29) is 29.7 Å². The molecule has 1 aromatic carbocycles. The van der Waals surface area contributed by atoms with Gasteiger partial charge in [0.2, 0.25) is 0 Å². The summed E-state index contributed by atoms with van der Waals surface area (Å²) >= 11 is 1.61. The summed E-state index contributed by atoms with van der Waals surface area (Å²) < 4.78 is 34.9. The number of guanidine groups is 1. The Labute approximate surface area is 185 Å². The molecule has 2 aromatic rings. The molecule has 0 spiro atoms. The maximum Gasteiger partial charge on any atom is 0.387 e. The fourth-order valence-electron chi connectivity index (χ4n) is 2.49. The predicted molar refractivity (Wildman–Crippen MR) is 118 cm³/mol. The Balaban J connectivity index is 0.00000392. The minimum atomic E-state index is -2.89. The molecule has 0 aliphatic rings. The smallest absolute Gasteiger partial charge is 0.387 e. The molecule has 0 radical (unpaired) electrons. The van der Waals surface area contributed by atoms with E-state index in [9.17, 15) is 8.78 Å². The van der Waals surface area contributed by atoms with E-state index < -0.39 is 6.61 Å². The number of hydrogen-bond acceptors (Lipinski definition) is 5. The van der Waals surface area contributed by atoms with Gasteiger partial charge in [-0.2, -0.15) is 8.78 Å². The number of hydrogen-bond donors (Lipinski definition) is 1. The zero-order chi connectivity index (χ0) is 19.8. The molecule has 6 nitrogen and oxygen atoms in total. The number of alkyl halides is 2. The third kappa shape index (κ3) is 7.38. The predicted octanol–water partition coefficient (Wildman–Crippen LogP) is 4.28. The molecule has 0 fully saturated rings. The number of aliphatic imine (C=N–C) groups is 1. The van der Waals surface area contributed by atoms with Crippen molar-refractivity contribution in [2.45, 2.75) is 33.5 Å². The lowest BCUT2D eigenvalue weighted by Gasteiger charge is -2.21. The van der Waals surface area contributed by atoms with Crippen molar-refractivity contribution < 1.29 is 18.3 Å². The summed E-state index contributed by atoms with van der Waals surface area (Å²) in [6, 6.07) is 4.88. The standard InChI is InChI=1S/C18H24F2N4O2S.HI/c1-5-25-16-8-13(6-7-15(16)26-17(19)20)9-22-18(21-3)24(4)10-14-11-27-12(2)23-14;/h6-8,11,17H,5,9-10H2,1-4H3,(H,21,22);1H. The second-order valence-electron chi connectivity index (χ2n) is 5.71. The summed E-state index contributed by atoms with van der Waals surface area (Å²) in [6.07, 6.45) is 0. The van der Waals surface area contributed by atoms with Crippen molar-refractivity contribution in [1.82, 2.24) is 15.2 Å². The number of aryl methyl sites for hydroxylation is 1. The van der Waals surface area contributed by atoms with Crippen molar-refractivity contribution in [3.63, 3.8) is 0 Å². The first-order valence-electron chi connectivity index (χ1n) is 8.46. The first kappa shape index (κ1) is 24.3. The molecule has 1 aromatic heterocycles. The molecule has 0 saturated carbocycles. The average molecular weight is 526 g/mol. The average Bonchev–Trinajstić information content (AvgIpc) is 3.02. The number of aromatic nitrogens is 1. The van der Waals surface area contributed by atoms with Crippen molar-refractivity contribution in [2.24, 2.45) is 4.99 Å². The highest BCUT2D eigenvalue weighted by molar-refractivity contribution is 14.0. The molecule has 1 N–H and O–H groups in total. The molecule has 10 heteroatoms. The molecular weight excluding hydrogens is 501 g/mol. The zero-order valence-corrected chi connectivity index (χ0v) is 19.4. The van der Waals surface area contributed by atoms with E-state index in [0.29, 0.717) is 31.4 Å². The highest BCUT2D eigenvalue weighted by Gasteiger charge is 2.13. The Kier molecular flexibility index (Phi) is 10.4.